The van der Waals surface area contributed by atoms with Crippen LogP contribution in [-0.2, 0) is 16.1 Å². The maximum Gasteiger partial charge on any atom is 0.342 e. The van der Waals surface area contributed by atoms with Crippen molar-refractivity contribution < 1.29 is 23.8 Å². The third-order valence-corrected chi connectivity index (χ3v) is 5.86. The highest BCUT2D eigenvalue weighted by atomic mass is 32.1. The predicted octanol–water partition coefficient (Wildman–Crippen LogP) is 4.09. The highest BCUT2D eigenvalue weighted by Crippen LogP contribution is 2.29. The number of thiophene rings is 1. The molecule has 174 valence electrons. The van der Waals surface area contributed by atoms with Crippen LogP contribution >= 0.6 is 11.3 Å². The van der Waals surface area contributed by atoms with Crippen LogP contribution in [0.1, 0.15) is 15.9 Å². The molecule has 0 atom stereocenters. The van der Waals surface area contributed by atoms with Gasteiger partial charge in [0.1, 0.15) is 11.3 Å². The highest BCUT2D eigenvalue weighted by Gasteiger charge is 2.21. The molecular weight excluding hydrogens is 454 g/mol. The van der Waals surface area contributed by atoms with E-state index in [-0.39, 0.29) is 6.54 Å². The normalized spacial score (nSPS) is 10.5. The van der Waals surface area contributed by atoms with Gasteiger partial charge in [-0.2, -0.15) is 5.10 Å². The lowest BCUT2D eigenvalue weighted by molar-refractivity contribution is -0.124. The molecule has 0 bridgehead atoms. The van der Waals surface area contributed by atoms with Gasteiger partial charge in [0, 0.05) is 12.7 Å². The van der Waals surface area contributed by atoms with Crippen LogP contribution in [-0.4, -0.2) is 42.5 Å². The predicted molar refractivity (Wildman–Crippen MR) is 129 cm³/mol. The molecule has 0 aliphatic carbocycles. The Hall–Kier alpha value is -4.11. The zero-order valence-corrected chi connectivity index (χ0v) is 19.5. The maximum atomic E-state index is 12.9. The monoisotopic (exact) mass is 477 g/mol. The summed E-state index contributed by atoms with van der Waals surface area (Å²) in [5.41, 5.74) is 2.43. The average molecular weight is 478 g/mol. The molecule has 4 rings (SSSR count). The van der Waals surface area contributed by atoms with Crippen molar-refractivity contribution in [2.75, 3.05) is 20.8 Å². The number of carbonyl (C=O) groups excluding carboxylic acids is 2. The summed E-state index contributed by atoms with van der Waals surface area (Å²) in [6.45, 7) is -0.157. The largest absolute Gasteiger partial charge is 0.493 e. The molecule has 0 unspecified atom stereocenters. The summed E-state index contributed by atoms with van der Waals surface area (Å²) in [6.07, 6.45) is 1.62. The van der Waals surface area contributed by atoms with Gasteiger partial charge >= 0.3 is 5.97 Å². The molecule has 8 nitrogen and oxygen atoms in total. The third kappa shape index (κ3) is 5.26. The Morgan fingerprint density at radius 2 is 1.79 bits per heavy atom. The first-order valence-electron chi connectivity index (χ1n) is 10.4. The van der Waals surface area contributed by atoms with Crippen molar-refractivity contribution in [2.24, 2.45) is 0 Å². The van der Waals surface area contributed by atoms with Crippen LogP contribution in [0.3, 0.4) is 0 Å². The molecule has 0 fully saturated rings. The highest BCUT2D eigenvalue weighted by molar-refractivity contribution is 7.13. The fraction of sp³-hybridized carbons (Fsp3) is 0.160. The van der Waals surface area contributed by atoms with Crippen molar-refractivity contribution in [3.63, 3.8) is 0 Å². The number of nitrogens with one attached hydrogen (secondary N) is 1. The van der Waals surface area contributed by atoms with E-state index in [2.05, 4.69) is 10.4 Å². The molecule has 1 N–H and O–H groups in total. The average Bonchev–Trinajstić information content (AvgIpc) is 3.56. The quantitative estimate of drug-likeness (QED) is 0.365. The number of amides is 1. The number of para-hydroxylation sites is 1. The number of benzene rings is 2. The minimum absolute atomic E-state index is 0.253. The Bertz CT molecular complexity index is 1270. The van der Waals surface area contributed by atoms with Crippen LogP contribution in [0, 0.1) is 0 Å². The van der Waals surface area contributed by atoms with Crippen molar-refractivity contribution in [3.05, 3.63) is 83.4 Å². The number of carbonyl (C=O) groups is 2. The number of methoxy groups -OCH3 is 2. The van der Waals surface area contributed by atoms with Gasteiger partial charge in [-0.05, 0) is 41.3 Å². The van der Waals surface area contributed by atoms with Crippen molar-refractivity contribution in [1.29, 1.82) is 0 Å². The van der Waals surface area contributed by atoms with Crippen LogP contribution in [0.4, 0.5) is 0 Å². The Balaban J connectivity index is 1.41. The zero-order chi connectivity index (χ0) is 23.9. The molecule has 1 amide bonds. The van der Waals surface area contributed by atoms with Gasteiger partial charge in [-0.3, -0.25) is 4.79 Å². The fourth-order valence-corrected chi connectivity index (χ4v) is 4.01. The van der Waals surface area contributed by atoms with Crippen LogP contribution in [0.2, 0.25) is 0 Å². The summed E-state index contributed by atoms with van der Waals surface area (Å²) in [7, 11) is 3.10. The number of hydrogen-bond acceptors (Lipinski definition) is 7. The van der Waals surface area contributed by atoms with Gasteiger partial charge < -0.3 is 19.5 Å². The lowest BCUT2D eigenvalue weighted by Gasteiger charge is -2.10. The van der Waals surface area contributed by atoms with Crippen molar-refractivity contribution in [1.82, 2.24) is 15.1 Å². The zero-order valence-electron chi connectivity index (χ0n) is 18.7. The molecule has 0 aliphatic rings. The topological polar surface area (TPSA) is 91.7 Å². The number of esters is 1. The number of ether oxygens (including phenoxy) is 3. The Kier molecular flexibility index (Phi) is 7.24. The molecule has 0 radical (unpaired) electrons. The second-order valence-corrected chi connectivity index (χ2v) is 8.14. The number of rotatable bonds is 9. The van der Waals surface area contributed by atoms with E-state index < -0.39 is 18.5 Å². The third-order valence-electron chi connectivity index (χ3n) is 4.98. The summed E-state index contributed by atoms with van der Waals surface area (Å²) in [5.74, 6) is 0.129. The van der Waals surface area contributed by atoms with E-state index in [1.165, 1.54) is 11.3 Å². The second kappa shape index (κ2) is 10.7. The van der Waals surface area contributed by atoms with E-state index in [1.54, 1.807) is 37.2 Å². The molecular formula is C25H23N3O5S. The molecule has 0 saturated carbocycles. The maximum absolute atomic E-state index is 12.9. The van der Waals surface area contributed by atoms with Gasteiger partial charge in [0.15, 0.2) is 18.1 Å². The molecule has 34 heavy (non-hydrogen) atoms. The Morgan fingerprint density at radius 3 is 2.50 bits per heavy atom. The molecule has 0 saturated heterocycles. The van der Waals surface area contributed by atoms with Gasteiger partial charge in [-0.25, -0.2) is 9.48 Å². The van der Waals surface area contributed by atoms with E-state index in [0.29, 0.717) is 22.8 Å². The van der Waals surface area contributed by atoms with E-state index in [4.69, 9.17) is 14.2 Å². The fourth-order valence-electron chi connectivity index (χ4n) is 3.28. The molecule has 9 heteroatoms. The van der Waals surface area contributed by atoms with Gasteiger partial charge in [0.25, 0.3) is 5.91 Å². The summed E-state index contributed by atoms with van der Waals surface area (Å²) in [4.78, 5) is 26.0. The number of nitrogens with zero attached hydrogens (tertiary/aromatic N) is 2. The van der Waals surface area contributed by atoms with Crippen LogP contribution < -0.4 is 14.8 Å². The first kappa shape index (κ1) is 23.1. The van der Waals surface area contributed by atoms with Gasteiger partial charge in [0.2, 0.25) is 0 Å². The summed E-state index contributed by atoms with van der Waals surface area (Å²) >= 11 is 1.47. The van der Waals surface area contributed by atoms with E-state index >= 15 is 0 Å². The van der Waals surface area contributed by atoms with Gasteiger partial charge in [-0.15, -0.1) is 11.3 Å². The Morgan fingerprint density at radius 1 is 1.00 bits per heavy atom. The van der Waals surface area contributed by atoms with Crippen LogP contribution in [0.5, 0.6) is 11.5 Å². The first-order valence-corrected chi connectivity index (χ1v) is 11.3. The Labute approximate surface area is 200 Å². The molecule has 2 aromatic heterocycles. The molecule has 0 spiro atoms. The minimum Gasteiger partial charge on any atom is -0.493 e. The smallest absolute Gasteiger partial charge is 0.342 e. The van der Waals surface area contributed by atoms with E-state index in [9.17, 15) is 9.59 Å². The van der Waals surface area contributed by atoms with Crippen molar-refractivity contribution >= 4 is 23.2 Å². The summed E-state index contributed by atoms with van der Waals surface area (Å²) in [6, 6.07) is 18.6. The van der Waals surface area contributed by atoms with Crippen molar-refractivity contribution in [2.45, 2.75) is 6.54 Å². The summed E-state index contributed by atoms with van der Waals surface area (Å²) in [5, 5.41) is 9.23. The second-order valence-electron chi connectivity index (χ2n) is 7.19. The lowest BCUT2D eigenvalue weighted by Crippen LogP contribution is -2.28. The molecule has 2 heterocycles. The first-order chi connectivity index (χ1) is 16.6. The summed E-state index contributed by atoms with van der Waals surface area (Å²) < 4.78 is 17.4. The number of aromatic nitrogens is 2. The van der Waals surface area contributed by atoms with E-state index in [0.717, 1.165) is 16.1 Å². The standard InChI is InChI=1S/C25H23N3O5S/c1-31-20-11-10-17(13-21(20)32-2)14-26-23(29)16-33-25(30)19-15-28(18-7-4-3-5-8-18)27-24(19)22-9-6-12-34-22/h3-13,15H,14,16H2,1-2H3,(H,26,29). The number of hydrogen-bond donors (Lipinski definition) is 1. The minimum atomic E-state index is -0.619. The molecule has 2 aromatic carbocycles. The SMILES string of the molecule is COc1ccc(CNC(=O)COC(=O)c2cn(-c3ccccc3)nc2-c2cccs2)cc1OC. The van der Waals surface area contributed by atoms with Gasteiger partial charge in [-0.1, -0.05) is 30.3 Å². The van der Waals surface area contributed by atoms with Gasteiger partial charge in [0.05, 0.1) is 24.8 Å². The lowest BCUT2D eigenvalue weighted by atomic mass is 10.2. The van der Waals surface area contributed by atoms with Crippen molar-refractivity contribution in [3.8, 4) is 27.8 Å². The molecule has 0 aliphatic heterocycles. The van der Waals surface area contributed by atoms with Crippen LogP contribution in [0.25, 0.3) is 16.3 Å². The van der Waals surface area contributed by atoms with Crippen LogP contribution in [0.15, 0.2) is 72.2 Å². The van der Waals surface area contributed by atoms with E-state index in [1.807, 2.05) is 53.9 Å². The molecule has 4 aromatic rings.